The van der Waals surface area contributed by atoms with Gasteiger partial charge in [-0.05, 0) is 54.8 Å². The summed E-state index contributed by atoms with van der Waals surface area (Å²) < 4.78 is 25.0. The minimum absolute atomic E-state index is 0.0390. The number of carbonyl (C=O) groups is 1. The Morgan fingerprint density at radius 1 is 1.00 bits per heavy atom. The highest BCUT2D eigenvalue weighted by Gasteiger charge is 2.16. The van der Waals surface area contributed by atoms with Crippen LogP contribution in [-0.2, 0) is 28.6 Å². The first-order valence-electron chi connectivity index (χ1n) is 9.99. The first kappa shape index (κ1) is 20.3. The third-order valence-electron chi connectivity index (χ3n) is 5.16. The molecule has 1 aliphatic heterocycles. The predicted molar refractivity (Wildman–Crippen MR) is 116 cm³/mol. The van der Waals surface area contributed by atoms with Gasteiger partial charge in [-0.15, -0.1) is 10.2 Å². The molecule has 8 heteroatoms. The smallest absolute Gasteiger partial charge is 0.255 e. The van der Waals surface area contributed by atoms with Gasteiger partial charge in [0.15, 0.2) is 15.7 Å². The molecular formula is C22H24N4O3S. The van der Waals surface area contributed by atoms with Crippen LogP contribution in [0.25, 0.3) is 11.4 Å². The molecule has 0 bridgehead atoms. The van der Waals surface area contributed by atoms with E-state index in [0.29, 0.717) is 16.8 Å². The van der Waals surface area contributed by atoms with Gasteiger partial charge in [-0.2, -0.15) is 0 Å². The molecule has 1 aromatic heterocycles. The SMILES string of the molecule is CS(=O)(=O)Cc1ccc(C(=O)Nc2ccc(-c3nnc4n3CCCCC4)cc2)cc1. The van der Waals surface area contributed by atoms with Crippen LogP contribution in [0.4, 0.5) is 5.69 Å². The number of hydrogen-bond donors (Lipinski definition) is 1. The molecule has 0 aliphatic carbocycles. The number of hydrogen-bond acceptors (Lipinski definition) is 5. The maximum Gasteiger partial charge on any atom is 0.255 e. The van der Waals surface area contributed by atoms with Crippen molar-refractivity contribution in [1.82, 2.24) is 14.8 Å². The first-order valence-corrected chi connectivity index (χ1v) is 12.1. The maximum absolute atomic E-state index is 12.5. The van der Waals surface area contributed by atoms with Crippen molar-refractivity contribution in [1.29, 1.82) is 0 Å². The molecule has 0 saturated carbocycles. The van der Waals surface area contributed by atoms with Crippen molar-refractivity contribution in [3.63, 3.8) is 0 Å². The maximum atomic E-state index is 12.5. The molecule has 0 saturated heterocycles. The minimum atomic E-state index is -3.10. The number of aromatic nitrogens is 3. The fraction of sp³-hybridized carbons (Fsp3) is 0.318. The molecular weight excluding hydrogens is 400 g/mol. The summed E-state index contributed by atoms with van der Waals surface area (Å²) >= 11 is 0. The van der Waals surface area contributed by atoms with E-state index in [9.17, 15) is 13.2 Å². The average molecular weight is 425 g/mol. The van der Waals surface area contributed by atoms with Crippen LogP contribution in [-0.4, -0.2) is 35.3 Å². The molecule has 1 aliphatic rings. The van der Waals surface area contributed by atoms with E-state index in [0.717, 1.165) is 43.0 Å². The average Bonchev–Trinajstić information content (AvgIpc) is 2.96. The summed E-state index contributed by atoms with van der Waals surface area (Å²) in [4.78, 5) is 12.5. The van der Waals surface area contributed by atoms with Gasteiger partial charge in [0.05, 0.1) is 5.75 Å². The zero-order valence-corrected chi connectivity index (χ0v) is 17.7. The lowest BCUT2D eigenvalue weighted by atomic mass is 10.1. The Morgan fingerprint density at radius 3 is 2.43 bits per heavy atom. The summed E-state index contributed by atoms with van der Waals surface area (Å²) in [5.74, 6) is 1.62. The molecule has 3 aromatic rings. The highest BCUT2D eigenvalue weighted by molar-refractivity contribution is 7.89. The van der Waals surface area contributed by atoms with E-state index < -0.39 is 9.84 Å². The number of rotatable bonds is 5. The highest BCUT2D eigenvalue weighted by atomic mass is 32.2. The summed E-state index contributed by atoms with van der Waals surface area (Å²) in [7, 11) is -3.10. The molecule has 0 radical (unpaired) electrons. The molecule has 0 fully saturated rings. The Kier molecular flexibility index (Phi) is 5.67. The van der Waals surface area contributed by atoms with Crippen molar-refractivity contribution >= 4 is 21.4 Å². The van der Waals surface area contributed by atoms with Crippen molar-refractivity contribution in [3.8, 4) is 11.4 Å². The number of nitrogens with one attached hydrogen (secondary N) is 1. The van der Waals surface area contributed by atoms with Gasteiger partial charge in [0.1, 0.15) is 5.82 Å². The van der Waals surface area contributed by atoms with Gasteiger partial charge in [0, 0.05) is 36.0 Å². The van der Waals surface area contributed by atoms with Crippen LogP contribution in [0.15, 0.2) is 48.5 Å². The number of nitrogens with zero attached hydrogens (tertiary/aromatic N) is 3. The fourth-order valence-corrected chi connectivity index (χ4v) is 4.46. The fourth-order valence-electron chi connectivity index (χ4n) is 3.66. The van der Waals surface area contributed by atoms with Crippen LogP contribution in [0.3, 0.4) is 0 Å². The summed E-state index contributed by atoms with van der Waals surface area (Å²) in [6.07, 6.45) is 5.65. The molecule has 1 amide bonds. The van der Waals surface area contributed by atoms with Gasteiger partial charge in [0.2, 0.25) is 0 Å². The lowest BCUT2D eigenvalue weighted by Crippen LogP contribution is -2.12. The lowest BCUT2D eigenvalue weighted by molar-refractivity contribution is 0.102. The quantitative estimate of drug-likeness (QED) is 0.677. The number of fused-ring (bicyclic) bond motifs is 1. The van der Waals surface area contributed by atoms with Gasteiger partial charge in [0.25, 0.3) is 5.91 Å². The second-order valence-electron chi connectivity index (χ2n) is 7.70. The Morgan fingerprint density at radius 2 is 1.73 bits per heavy atom. The standard InChI is InChI=1S/C22H24N4O3S/c1-30(28,29)15-16-6-8-18(9-7-16)22(27)23-19-12-10-17(11-13-19)21-25-24-20-5-3-2-4-14-26(20)21/h6-13H,2-5,14-15H2,1H3,(H,23,27). The van der Waals surface area contributed by atoms with Crippen LogP contribution in [0.2, 0.25) is 0 Å². The van der Waals surface area contributed by atoms with Crippen LogP contribution < -0.4 is 5.32 Å². The minimum Gasteiger partial charge on any atom is -0.322 e. The third-order valence-corrected chi connectivity index (χ3v) is 6.01. The second-order valence-corrected chi connectivity index (χ2v) is 9.84. The number of amides is 1. The van der Waals surface area contributed by atoms with E-state index in [1.165, 1.54) is 12.7 Å². The first-order chi connectivity index (χ1) is 14.4. The Balaban J connectivity index is 1.45. The molecule has 2 aromatic carbocycles. The molecule has 156 valence electrons. The van der Waals surface area contributed by atoms with Gasteiger partial charge in [-0.3, -0.25) is 4.79 Å². The zero-order chi connectivity index (χ0) is 21.1. The predicted octanol–water partition coefficient (Wildman–Crippen LogP) is 3.47. The third kappa shape index (κ3) is 4.76. The van der Waals surface area contributed by atoms with Crippen LogP contribution in [0, 0.1) is 0 Å². The monoisotopic (exact) mass is 424 g/mol. The Labute approximate surface area is 176 Å². The normalized spacial score (nSPS) is 14.0. The van der Waals surface area contributed by atoms with Gasteiger partial charge >= 0.3 is 0 Å². The zero-order valence-electron chi connectivity index (χ0n) is 16.8. The summed E-state index contributed by atoms with van der Waals surface area (Å²) in [5, 5.41) is 11.6. The van der Waals surface area contributed by atoms with Crippen molar-refractivity contribution in [2.24, 2.45) is 0 Å². The second kappa shape index (κ2) is 8.39. The van der Waals surface area contributed by atoms with Crippen molar-refractivity contribution in [2.45, 2.75) is 38.0 Å². The van der Waals surface area contributed by atoms with Crippen LogP contribution >= 0.6 is 0 Å². The van der Waals surface area contributed by atoms with E-state index in [1.54, 1.807) is 24.3 Å². The molecule has 30 heavy (non-hydrogen) atoms. The number of aryl methyl sites for hydroxylation is 1. The highest BCUT2D eigenvalue weighted by Crippen LogP contribution is 2.24. The van der Waals surface area contributed by atoms with E-state index in [1.807, 2.05) is 24.3 Å². The van der Waals surface area contributed by atoms with E-state index >= 15 is 0 Å². The molecule has 1 N–H and O–H groups in total. The number of benzene rings is 2. The van der Waals surface area contributed by atoms with Crippen molar-refractivity contribution < 1.29 is 13.2 Å². The van der Waals surface area contributed by atoms with E-state index in [2.05, 4.69) is 20.1 Å². The summed E-state index contributed by atoms with van der Waals surface area (Å²) in [6.45, 7) is 0.936. The van der Waals surface area contributed by atoms with E-state index in [-0.39, 0.29) is 11.7 Å². The summed E-state index contributed by atoms with van der Waals surface area (Å²) in [5.41, 5.74) is 2.78. The van der Waals surface area contributed by atoms with Crippen LogP contribution in [0.1, 0.15) is 41.0 Å². The van der Waals surface area contributed by atoms with Gasteiger partial charge in [-0.25, -0.2) is 8.42 Å². The number of anilines is 1. The van der Waals surface area contributed by atoms with Gasteiger partial charge < -0.3 is 9.88 Å². The largest absolute Gasteiger partial charge is 0.322 e. The Bertz CT molecular complexity index is 1150. The topological polar surface area (TPSA) is 93.9 Å². The molecule has 4 rings (SSSR count). The molecule has 2 heterocycles. The number of carbonyl (C=O) groups excluding carboxylic acids is 1. The van der Waals surface area contributed by atoms with Crippen LogP contribution in [0.5, 0.6) is 0 Å². The lowest BCUT2D eigenvalue weighted by Gasteiger charge is -2.09. The van der Waals surface area contributed by atoms with Gasteiger partial charge in [-0.1, -0.05) is 18.6 Å². The molecule has 0 spiro atoms. The summed E-state index contributed by atoms with van der Waals surface area (Å²) in [6, 6.07) is 14.2. The number of sulfone groups is 1. The van der Waals surface area contributed by atoms with E-state index in [4.69, 9.17) is 0 Å². The molecule has 7 nitrogen and oxygen atoms in total. The Hall–Kier alpha value is -3.00. The van der Waals surface area contributed by atoms with Crippen molar-refractivity contribution in [2.75, 3.05) is 11.6 Å². The molecule has 0 atom stereocenters. The molecule has 0 unspecified atom stereocenters. The van der Waals surface area contributed by atoms with Crippen molar-refractivity contribution in [3.05, 3.63) is 65.5 Å².